The fourth-order valence-corrected chi connectivity index (χ4v) is 3.16. The van der Waals surface area contributed by atoms with E-state index >= 15 is 0 Å². The van der Waals surface area contributed by atoms with Crippen molar-refractivity contribution in [2.75, 3.05) is 39.4 Å². The Labute approximate surface area is 145 Å². The van der Waals surface area contributed by atoms with Crippen LogP contribution in [0.15, 0.2) is 21.3 Å². The predicted molar refractivity (Wildman–Crippen MR) is 90.8 cm³/mol. The lowest BCUT2D eigenvalue weighted by Crippen LogP contribution is -2.38. The van der Waals surface area contributed by atoms with Gasteiger partial charge >= 0.3 is 0 Å². The van der Waals surface area contributed by atoms with Crippen molar-refractivity contribution >= 4 is 17.2 Å². The molecule has 1 N–H and O–H groups in total. The third-order valence-electron chi connectivity index (χ3n) is 3.89. The predicted octanol–water partition coefficient (Wildman–Crippen LogP) is 1.57. The molecule has 2 aromatic heterocycles. The van der Waals surface area contributed by atoms with E-state index in [-0.39, 0.29) is 5.91 Å². The van der Waals surface area contributed by atoms with Gasteiger partial charge in [-0.05, 0) is 24.4 Å². The summed E-state index contributed by atoms with van der Waals surface area (Å²) in [5.41, 5.74) is 0.947. The summed E-state index contributed by atoms with van der Waals surface area (Å²) >= 11 is 1.59. The number of amides is 1. The summed E-state index contributed by atoms with van der Waals surface area (Å²) in [6, 6.07) is 1.94. The molecule has 0 aliphatic carbocycles. The monoisotopic (exact) mass is 350 g/mol. The number of carbonyl (C=O) groups is 1. The highest BCUT2D eigenvalue weighted by molar-refractivity contribution is 7.08. The van der Waals surface area contributed by atoms with Crippen LogP contribution in [-0.2, 0) is 16.0 Å². The van der Waals surface area contributed by atoms with Crippen LogP contribution >= 0.6 is 11.3 Å². The number of nitrogens with zero attached hydrogens (tertiary/aromatic N) is 3. The van der Waals surface area contributed by atoms with Crippen molar-refractivity contribution in [3.8, 4) is 11.4 Å². The van der Waals surface area contributed by atoms with E-state index in [1.54, 1.807) is 11.3 Å². The van der Waals surface area contributed by atoms with Crippen LogP contribution in [0.1, 0.15) is 18.7 Å². The summed E-state index contributed by atoms with van der Waals surface area (Å²) in [5, 5.41) is 10.8. The van der Waals surface area contributed by atoms with Gasteiger partial charge in [-0.2, -0.15) is 16.3 Å². The van der Waals surface area contributed by atoms with Crippen LogP contribution in [0.2, 0.25) is 0 Å². The lowest BCUT2D eigenvalue weighted by atomic mass is 10.2. The third-order valence-corrected chi connectivity index (χ3v) is 4.57. The van der Waals surface area contributed by atoms with E-state index in [1.807, 2.05) is 16.8 Å². The minimum Gasteiger partial charge on any atom is -0.379 e. The van der Waals surface area contributed by atoms with Crippen LogP contribution in [0.5, 0.6) is 0 Å². The Morgan fingerprint density at radius 1 is 1.38 bits per heavy atom. The van der Waals surface area contributed by atoms with E-state index < -0.39 is 0 Å². The highest BCUT2D eigenvalue weighted by Gasteiger charge is 2.12. The number of thiophene rings is 1. The molecular weight excluding hydrogens is 328 g/mol. The van der Waals surface area contributed by atoms with Gasteiger partial charge in [0.1, 0.15) is 0 Å². The molecule has 1 aliphatic heterocycles. The minimum absolute atomic E-state index is 0.0206. The lowest BCUT2D eigenvalue weighted by Gasteiger charge is -2.26. The highest BCUT2D eigenvalue weighted by Crippen LogP contribution is 2.18. The number of ether oxygens (including phenoxy) is 1. The van der Waals surface area contributed by atoms with Crippen molar-refractivity contribution in [3.63, 3.8) is 0 Å². The highest BCUT2D eigenvalue weighted by atomic mass is 32.1. The van der Waals surface area contributed by atoms with Crippen molar-refractivity contribution in [1.82, 2.24) is 20.4 Å². The van der Waals surface area contributed by atoms with E-state index in [1.165, 1.54) is 0 Å². The maximum Gasteiger partial charge on any atom is 0.227 e. The molecule has 8 heteroatoms. The van der Waals surface area contributed by atoms with E-state index in [2.05, 4.69) is 20.4 Å². The van der Waals surface area contributed by atoms with Crippen molar-refractivity contribution in [3.05, 3.63) is 22.7 Å². The number of morpholine rings is 1. The normalized spacial score (nSPS) is 15.5. The van der Waals surface area contributed by atoms with Crippen LogP contribution in [0.3, 0.4) is 0 Å². The molecule has 0 bridgehead atoms. The minimum atomic E-state index is 0.0206. The molecule has 0 aromatic carbocycles. The first-order chi connectivity index (χ1) is 11.8. The first kappa shape index (κ1) is 17.1. The second-order valence-corrected chi connectivity index (χ2v) is 6.46. The zero-order chi connectivity index (χ0) is 16.6. The molecule has 0 radical (unpaired) electrons. The number of hydrogen-bond donors (Lipinski definition) is 1. The summed E-state index contributed by atoms with van der Waals surface area (Å²) in [4.78, 5) is 18.5. The summed E-state index contributed by atoms with van der Waals surface area (Å²) < 4.78 is 10.5. The first-order valence-electron chi connectivity index (χ1n) is 8.23. The van der Waals surface area contributed by atoms with Gasteiger partial charge in [0.05, 0.1) is 13.2 Å². The van der Waals surface area contributed by atoms with Crippen molar-refractivity contribution in [1.29, 1.82) is 0 Å². The van der Waals surface area contributed by atoms with Crippen LogP contribution < -0.4 is 5.32 Å². The summed E-state index contributed by atoms with van der Waals surface area (Å²) in [5.74, 6) is 1.10. The van der Waals surface area contributed by atoms with Gasteiger partial charge in [-0.1, -0.05) is 5.16 Å². The van der Waals surface area contributed by atoms with Gasteiger partial charge in [0.15, 0.2) is 0 Å². The zero-order valence-corrected chi connectivity index (χ0v) is 14.4. The number of aryl methyl sites for hydroxylation is 1. The number of aromatic nitrogens is 2. The van der Waals surface area contributed by atoms with Gasteiger partial charge in [-0.3, -0.25) is 9.69 Å². The topological polar surface area (TPSA) is 80.5 Å². The molecule has 130 valence electrons. The fraction of sp³-hybridized carbons (Fsp3) is 0.562. The first-order valence-corrected chi connectivity index (χ1v) is 9.17. The van der Waals surface area contributed by atoms with Gasteiger partial charge < -0.3 is 14.6 Å². The molecule has 3 rings (SSSR count). The Balaban J connectivity index is 1.31. The van der Waals surface area contributed by atoms with E-state index in [0.29, 0.717) is 31.1 Å². The summed E-state index contributed by atoms with van der Waals surface area (Å²) in [7, 11) is 0. The van der Waals surface area contributed by atoms with Crippen molar-refractivity contribution < 1.29 is 14.1 Å². The van der Waals surface area contributed by atoms with Crippen molar-refractivity contribution in [2.45, 2.75) is 19.3 Å². The Morgan fingerprint density at radius 3 is 3.04 bits per heavy atom. The van der Waals surface area contributed by atoms with Gasteiger partial charge in [0.25, 0.3) is 0 Å². The maximum absolute atomic E-state index is 11.9. The maximum atomic E-state index is 11.9. The zero-order valence-electron chi connectivity index (χ0n) is 13.6. The average molecular weight is 350 g/mol. The van der Waals surface area contributed by atoms with Crippen LogP contribution in [0.25, 0.3) is 11.4 Å². The Hall–Kier alpha value is -1.77. The second kappa shape index (κ2) is 8.91. The third kappa shape index (κ3) is 5.12. The number of carbonyl (C=O) groups excluding carboxylic acids is 1. The second-order valence-electron chi connectivity index (χ2n) is 5.68. The van der Waals surface area contributed by atoms with E-state index in [4.69, 9.17) is 9.26 Å². The largest absolute Gasteiger partial charge is 0.379 e. The molecule has 0 unspecified atom stereocenters. The van der Waals surface area contributed by atoms with Crippen LogP contribution in [-0.4, -0.2) is 60.3 Å². The molecule has 1 fully saturated rings. The van der Waals surface area contributed by atoms with Gasteiger partial charge in [0, 0.05) is 43.4 Å². The smallest absolute Gasteiger partial charge is 0.227 e. The van der Waals surface area contributed by atoms with E-state index in [0.717, 1.165) is 44.8 Å². The molecule has 3 heterocycles. The number of nitrogens with one attached hydrogen (secondary N) is 1. The average Bonchev–Trinajstić information content (AvgIpc) is 3.29. The summed E-state index contributed by atoms with van der Waals surface area (Å²) in [6.07, 6.45) is 1.78. The fourth-order valence-electron chi connectivity index (χ4n) is 2.53. The van der Waals surface area contributed by atoms with Gasteiger partial charge in [0.2, 0.25) is 17.6 Å². The molecular formula is C16H22N4O3S. The summed E-state index contributed by atoms with van der Waals surface area (Å²) in [6.45, 7) is 5.28. The Bertz CT molecular complexity index is 623. The molecule has 2 aromatic rings. The molecule has 1 amide bonds. The number of hydrogen-bond acceptors (Lipinski definition) is 7. The van der Waals surface area contributed by atoms with Gasteiger partial charge in [-0.15, -0.1) is 0 Å². The SMILES string of the molecule is O=C(CCc1nc(-c2ccsc2)no1)NCCCN1CCOCC1. The molecule has 1 saturated heterocycles. The molecule has 0 spiro atoms. The molecule has 0 atom stereocenters. The molecule has 7 nitrogen and oxygen atoms in total. The van der Waals surface area contributed by atoms with Crippen LogP contribution in [0.4, 0.5) is 0 Å². The lowest BCUT2D eigenvalue weighted by molar-refractivity contribution is -0.121. The standard InChI is InChI=1S/C16H22N4O3S/c21-14(17-5-1-6-20-7-9-22-10-8-20)2-3-15-18-16(19-23-15)13-4-11-24-12-13/h4,11-12H,1-3,5-10H2,(H,17,21). The van der Waals surface area contributed by atoms with E-state index in [9.17, 15) is 4.79 Å². The van der Waals surface area contributed by atoms with Crippen LogP contribution in [0, 0.1) is 0 Å². The Kier molecular flexibility index (Phi) is 6.33. The van der Waals surface area contributed by atoms with Gasteiger partial charge in [-0.25, -0.2) is 0 Å². The molecule has 24 heavy (non-hydrogen) atoms. The Morgan fingerprint density at radius 2 is 2.25 bits per heavy atom. The van der Waals surface area contributed by atoms with Crippen molar-refractivity contribution in [2.24, 2.45) is 0 Å². The molecule has 0 saturated carbocycles. The molecule has 1 aliphatic rings. The number of rotatable bonds is 8. The quantitative estimate of drug-likeness (QED) is 0.728.